The van der Waals surface area contributed by atoms with Gasteiger partial charge in [0.1, 0.15) is 11.6 Å². The Balaban J connectivity index is 1.50. The highest BCUT2D eigenvalue weighted by Crippen LogP contribution is 2.30. The fraction of sp³-hybridized carbons (Fsp3) is 0.333. The van der Waals surface area contributed by atoms with Crippen LogP contribution in [-0.2, 0) is 16.1 Å². The van der Waals surface area contributed by atoms with E-state index in [9.17, 15) is 23.6 Å². The van der Waals surface area contributed by atoms with Gasteiger partial charge in [-0.1, -0.05) is 19.1 Å². The number of rotatable bonds is 5. The number of Topliss-reactive ketones (excluding diaryl/α,β-unsaturated/α-hetero) is 2. The summed E-state index contributed by atoms with van der Waals surface area (Å²) in [5, 5.41) is 2.92. The second-order valence-corrected chi connectivity index (χ2v) is 8.03. The van der Waals surface area contributed by atoms with E-state index in [1.165, 1.54) is 17.0 Å². The lowest BCUT2D eigenvalue weighted by molar-refractivity contribution is -0.133. The second-order valence-electron chi connectivity index (χ2n) is 8.03. The third-order valence-corrected chi connectivity index (χ3v) is 5.98. The summed E-state index contributed by atoms with van der Waals surface area (Å²) < 4.78 is 13.6. The minimum absolute atomic E-state index is 0.0897. The molecule has 2 aromatic carbocycles. The lowest BCUT2D eigenvalue weighted by Gasteiger charge is -2.29. The number of carbonyl (C=O) groups excluding carboxylic acids is 4. The summed E-state index contributed by atoms with van der Waals surface area (Å²) in [7, 11) is 0. The lowest BCUT2D eigenvalue weighted by Crippen LogP contribution is -2.44. The number of benzene rings is 2. The summed E-state index contributed by atoms with van der Waals surface area (Å²) in [6.07, 6.45) is 1.10. The standard InChI is InChI=1S/C24H23FN2O4/c1-2-20(14-4-3-5-17(25)11-14)26-23(30)15-6-8-19-16(10-15)13-27(24(19)31)21-9-7-18(28)12-22(21)29/h3-6,8,10-11,20-21H,2,7,9,12-13H2,1H3,(H,26,30)/t20-,21?/m0/s1. The molecule has 6 nitrogen and oxygen atoms in total. The molecule has 0 bridgehead atoms. The van der Waals surface area contributed by atoms with Crippen molar-refractivity contribution in [2.75, 3.05) is 0 Å². The average molecular weight is 422 g/mol. The smallest absolute Gasteiger partial charge is 0.255 e. The average Bonchev–Trinajstić information content (AvgIpc) is 3.07. The predicted molar refractivity (Wildman–Crippen MR) is 111 cm³/mol. The van der Waals surface area contributed by atoms with Crippen LogP contribution in [0.1, 0.15) is 70.5 Å². The first-order valence-electron chi connectivity index (χ1n) is 10.4. The summed E-state index contributed by atoms with van der Waals surface area (Å²) >= 11 is 0. The summed E-state index contributed by atoms with van der Waals surface area (Å²) in [4.78, 5) is 50.9. The van der Waals surface area contributed by atoms with Crippen molar-refractivity contribution in [1.82, 2.24) is 10.2 Å². The molecule has 31 heavy (non-hydrogen) atoms. The van der Waals surface area contributed by atoms with Crippen molar-refractivity contribution in [3.63, 3.8) is 0 Å². The molecule has 2 amide bonds. The largest absolute Gasteiger partial charge is 0.345 e. The van der Waals surface area contributed by atoms with E-state index >= 15 is 0 Å². The monoisotopic (exact) mass is 422 g/mol. The Morgan fingerprint density at radius 3 is 2.71 bits per heavy atom. The van der Waals surface area contributed by atoms with E-state index in [4.69, 9.17) is 0 Å². The third kappa shape index (κ3) is 4.13. The van der Waals surface area contributed by atoms with Gasteiger partial charge in [-0.2, -0.15) is 0 Å². The maximum atomic E-state index is 13.6. The highest BCUT2D eigenvalue weighted by atomic mass is 19.1. The van der Waals surface area contributed by atoms with E-state index in [0.29, 0.717) is 41.5 Å². The number of nitrogens with zero attached hydrogens (tertiary/aromatic N) is 1. The molecule has 0 spiro atoms. The maximum Gasteiger partial charge on any atom is 0.255 e. The van der Waals surface area contributed by atoms with Crippen molar-refractivity contribution >= 4 is 23.4 Å². The summed E-state index contributed by atoms with van der Waals surface area (Å²) in [6.45, 7) is 2.14. The number of halogens is 1. The molecule has 1 saturated carbocycles. The molecule has 160 valence electrons. The molecule has 4 rings (SSSR count). The molecular formula is C24H23FN2O4. The number of ketones is 2. The van der Waals surface area contributed by atoms with Gasteiger partial charge in [0.05, 0.1) is 18.5 Å². The van der Waals surface area contributed by atoms with Crippen molar-refractivity contribution in [3.05, 3.63) is 70.5 Å². The van der Waals surface area contributed by atoms with E-state index in [1.807, 2.05) is 6.92 Å². The van der Waals surface area contributed by atoms with Gasteiger partial charge in [0.15, 0.2) is 5.78 Å². The Morgan fingerprint density at radius 1 is 1.19 bits per heavy atom. The number of nitrogens with one attached hydrogen (secondary N) is 1. The van der Waals surface area contributed by atoms with Crippen LogP contribution in [0.25, 0.3) is 0 Å². The van der Waals surface area contributed by atoms with Crippen LogP contribution in [0.2, 0.25) is 0 Å². The van der Waals surface area contributed by atoms with Crippen LogP contribution in [0.4, 0.5) is 4.39 Å². The van der Waals surface area contributed by atoms with Gasteiger partial charge in [0, 0.05) is 24.1 Å². The fourth-order valence-electron chi connectivity index (χ4n) is 4.31. The fourth-order valence-corrected chi connectivity index (χ4v) is 4.31. The van der Waals surface area contributed by atoms with Crippen molar-refractivity contribution < 1.29 is 23.6 Å². The molecule has 7 heteroatoms. The van der Waals surface area contributed by atoms with Gasteiger partial charge in [-0.15, -0.1) is 0 Å². The van der Waals surface area contributed by atoms with E-state index in [0.717, 1.165) is 0 Å². The molecule has 1 heterocycles. The first-order valence-corrected chi connectivity index (χ1v) is 10.4. The van der Waals surface area contributed by atoms with Gasteiger partial charge in [-0.25, -0.2) is 4.39 Å². The molecule has 1 N–H and O–H groups in total. The molecule has 1 unspecified atom stereocenters. The molecule has 2 aliphatic rings. The summed E-state index contributed by atoms with van der Waals surface area (Å²) in [5.74, 6) is -1.24. The van der Waals surface area contributed by atoms with Gasteiger partial charge < -0.3 is 10.2 Å². The van der Waals surface area contributed by atoms with Crippen LogP contribution in [0.5, 0.6) is 0 Å². The van der Waals surface area contributed by atoms with Crippen molar-refractivity contribution in [2.24, 2.45) is 0 Å². The van der Waals surface area contributed by atoms with Crippen molar-refractivity contribution in [1.29, 1.82) is 0 Å². The van der Waals surface area contributed by atoms with E-state index in [-0.39, 0.29) is 48.2 Å². The summed E-state index contributed by atoms with van der Waals surface area (Å²) in [6, 6.07) is 10.1. The Hall–Kier alpha value is -3.35. The zero-order valence-electron chi connectivity index (χ0n) is 17.2. The topological polar surface area (TPSA) is 83.6 Å². The SMILES string of the molecule is CC[C@H](NC(=O)c1ccc2c(c1)CN(C1CCC(=O)CC1=O)C2=O)c1cccc(F)c1. The number of fused-ring (bicyclic) bond motifs is 1. The zero-order valence-corrected chi connectivity index (χ0v) is 17.2. The van der Waals surface area contributed by atoms with Crippen LogP contribution in [0.3, 0.4) is 0 Å². The highest BCUT2D eigenvalue weighted by molar-refractivity contribution is 6.08. The molecule has 1 aliphatic heterocycles. The molecule has 0 radical (unpaired) electrons. The van der Waals surface area contributed by atoms with Gasteiger partial charge >= 0.3 is 0 Å². The van der Waals surface area contributed by atoms with Gasteiger partial charge in [0.2, 0.25) is 0 Å². The Bertz CT molecular complexity index is 1080. The minimum Gasteiger partial charge on any atom is -0.345 e. The molecule has 1 fully saturated rings. The number of carbonyl (C=O) groups is 4. The van der Waals surface area contributed by atoms with Crippen LogP contribution < -0.4 is 5.32 Å². The summed E-state index contributed by atoms with van der Waals surface area (Å²) in [5.41, 5.74) is 2.23. The van der Waals surface area contributed by atoms with Crippen LogP contribution in [-0.4, -0.2) is 34.3 Å². The van der Waals surface area contributed by atoms with Crippen molar-refractivity contribution in [3.8, 4) is 0 Å². The van der Waals surface area contributed by atoms with Crippen LogP contribution >= 0.6 is 0 Å². The maximum absolute atomic E-state index is 13.6. The van der Waals surface area contributed by atoms with Gasteiger partial charge in [-0.05, 0) is 54.3 Å². The Kier molecular flexibility index (Phi) is 5.67. The normalized spacial score (nSPS) is 19.4. The number of hydrogen-bond donors (Lipinski definition) is 1. The van der Waals surface area contributed by atoms with E-state index in [1.54, 1.807) is 30.3 Å². The molecule has 0 saturated heterocycles. The second kappa shape index (κ2) is 8.41. The molecule has 0 aromatic heterocycles. The molecule has 2 aromatic rings. The highest BCUT2D eigenvalue weighted by Gasteiger charge is 2.39. The Labute approximate surface area is 179 Å². The quantitative estimate of drug-likeness (QED) is 0.749. The van der Waals surface area contributed by atoms with Crippen molar-refractivity contribution in [2.45, 2.75) is 51.2 Å². The first kappa shape index (κ1) is 20.9. The van der Waals surface area contributed by atoms with E-state index < -0.39 is 6.04 Å². The van der Waals surface area contributed by atoms with Gasteiger partial charge in [-0.3, -0.25) is 19.2 Å². The molecule has 2 atom stereocenters. The number of amides is 2. The van der Waals surface area contributed by atoms with E-state index in [2.05, 4.69) is 5.32 Å². The van der Waals surface area contributed by atoms with Gasteiger partial charge in [0.25, 0.3) is 11.8 Å². The third-order valence-electron chi connectivity index (χ3n) is 5.98. The number of hydrogen-bond acceptors (Lipinski definition) is 4. The molecule has 1 aliphatic carbocycles. The van der Waals surface area contributed by atoms with Crippen LogP contribution in [0, 0.1) is 5.82 Å². The first-order chi connectivity index (χ1) is 14.9. The Morgan fingerprint density at radius 2 is 2.00 bits per heavy atom. The molecular weight excluding hydrogens is 399 g/mol. The van der Waals surface area contributed by atoms with Crippen LogP contribution in [0.15, 0.2) is 42.5 Å². The zero-order chi connectivity index (χ0) is 22.1. The predicted octanol–water partition coefficient (Wildman–Crippen LogP) is 3.35. The minimum atomic E-state index is -0.590. The lowest BCUT2D eigenvalue weighted by atomic mass is 9.92.